The number of rotatable bonds is 4. The summed E-state index contributed by atoms with van der Waals surface area (Å²) in [7, 11) is 0. The molecule has 0 amide bonds. The van der Waals surface area contributed by atoms with Gasteiger partial charge in [0, 0.05) is 27.5 Å². The van der Waals surface area contributed by atoms with Crippen LogP contribution in [-0.4, -0.2) is 0 Å². The Hall–Kier alpha value is -7.88. The number of para-hydroxylation sites is 5. The summed E-state index contributed by atoms with van der Waals surface area (Å²) in [6.07, 6.45) is 0. The van der Waals surface area contributed by atoms with Gasteiger partial charge in [-0.15, -0.1) is 0 Å². The lowest BCUT2D eigenvalue weighted by Gasteiger charge is -2.45. The van der Waals surface area contributed by atoms with Gasteiger partial charge in [0.25, 0.3) is 0 Å². The molecule has 11 aromatic rings. The van der Waals surface area contributed by atoms with E-state index in [1.807, 2.05) is 0 Å². The Morgan fingerprint density at radius 2 is 1.03 bits per heavy atom. The van der Waals surface area contributed by atoms with E-state index in [0.717, 1.165) is 44.7 Å². The lowest BCUT2D eigenvalue weighted by atomic mass is 9.64. The van der Waals surface area contributed by atoms with Gasteiger partial charge in [0.1, 0.15) is 5.58 Å². The molecule has 2 aliphatic rings. The van der Waals surface area contributed by atoms with E-state index in [2.05, 4.69) is 229 Å². The van der Waals surface area contributed by atoms with Crippen LogP contribution in [0.3, 0.4) is 0 Å². The molecule has 0 atom stereocenters. The van der Waals surface area contributed by atoms with Gasteiger partial charge in [0.2, 0.25) is 0 Å². The summed E-state index contributed by atoms with van der Waals surface area (Å²) < 4.78 is 6.84. The van der Waals surface area contributed by atoms with Crippen molar-refractivity contribution in [1.29, 1.82) is 0 Å². The zero-order valence-electron chi connectivity index (χ0n) is 33.5. The number of benzene rings is 10. The fourth-order valence-corrected chi connectivity index (χ4v) is 10.8. The number of hydrogen-bond donors (Lipinski definition) is 0. The Morgan fingerprint density at radius 3 is 1.80 bits per heavy atom. The summed E-state index contributed by atoms with van der Waals surface area (Å²) >= 11 is 0. The normalized spacial score (nSPS) is 13.4. The van der Waals surface area contributed by atoms with Gasteiger partial charge in [-0.05, 0) is 111 Å². The lowest BCUT2D eigenvalue weighted by molar-refractivity contribution is 0.669. The van der Waals surface area contributed by atoms with E-state index in [0.29, 0.717) is 0 Å². The van der Waals surface area contributed by atoms with Crippen molar-refractivity contribution < 1.29 is 4.42 Å². The molecule has 0 saturated carbocycles. The largest absolute Gasteiger partial charge is 0.454 e. The number of hydrogen-bond acceptors (Lipinski definition) is 3. The van der Waals surface area contributed by atoms with Crippen molar-refractivity contribution in [1.82, 2.24) is 0 Å². The SMILES string of the molecule is Cc1ccc(N(c2cc3c(c4ccccc24)-c2c(ccc4ccccc24)C32c3ccccc3N(c3ccccc3)c3ccccc32)c2cccc3c2oc2ccccc23)cc1. The molecular weight excluding hydrogens is 741 g/mol. The Labute approximate surface area is 354 Å². The fraction of sp³-hybridized carbons (Fsp3) is 0.0345. The minimum atomic E-state index is -0.656. The lowest BCUT2D eigenvalue weighted by Crippen LogP contribution is -2.36. The molecular formula is C58H38N2O. The van der Waals surface area contributed by atoms with E-state index in [-0.39, 0.29) is 0 Å². The molecule has 61 heavy (non-hydrogen) atoms. The molecule has 1 aromatic heterocycles. The summed E-state index contributed by atoms with van der Waals surface area (Å²) in [5, 5.41) is 7.11. The summed E-state index contributed by atoms with van der Waals surface area (Å²) in [4.78, 5) is 4.90. The maximum Gasteiger partial charge on any atom is 0.159 e. The van der Waals surface area contributed by atoms with E-state index >= 15 is 0 Å². The highest BCUT2D eigenvalue weighted by atomic mass is 16.3. The van der Waals surface area contributed by atoms with Crippen LogP contribution in [0.4, 0.5) is 34.1 Å². The fourth-order valence-electron chi connectivity index (χ4n) is 10.8. The van der Waals surface area contributed by atoms with Gasteiger partial charge in [-0.2, -0.15) is 0 Å². The first-order valence-corrected chi connectivity index (χ1v) is 21.1. The first kappa shape index (κ1) is 34.0. The number of aryl methyl sites for hydroxylation is 1. The second kappa shape index (κ2) is 12.8. The minimum absolute atomic E-state index is 0.656. The van der Waals surface area contributed by atoms with Crippen molar-refractivity contribution >= 4 is 77.6 Å². The van der Waals surface area contributed by atoms with Gasteiger partial charge in [-0.1, -0.05) is 163 Å². The summed E-state index contributed by atoms with van der Waals surface area (Å²) in [5.74, 6) is 0. The molecule has 0 fully saturated rings. The second-order valence-electron chi connectivity index (χ2n) is 16.5. The molecule has 0 saturated heterocycles. The predicted octanol–water partition coefficient (Wildman–Crippen LogP) is 15.8. The minimum Gasteiger partial charge on any atom is -0.454 e. The van der Waals surface area contributed by atoms with Gasteiger partial charge >= 0.3 is 0 Å². The predicted molar refractivity (Wildman–Crippen MR) is 254 cm³/mol. The maximum absolute atomic E-state index is 6.84. The highest BCUT2D eigenvalue weighted by molar-refractivity contribution is 6.18. The smallest absolute Gasteiger partial charge is 0.159 e. The number of fused-ring (bicyclic) bond motifs is 16. The topological polar surface area (TPSA) is 19.6 Å². The first-order chi connectivity index (χ1) is 30.2. The third kappa shape index (κ3) is 4.63. The maximum atomic E-state index is 6.84. The molecule has 13 rings (SSSR count). The van der Waals surface area contributed by atoms with Crippen LogP contribution < -0.4 is 9.80 Å². The average molecular weight is 779 g/mol. The molecule has 0 N–H and O–H groups in total. The van der Waals surface area contributed by atoms with Gasteiger partial charge in [0.05, 0.1) is 28.2 Å². The molecule has 0 bridgehead atoms. The summed E-state index contributed by atoms with van der Waals surface area (Å²) in [6.45, 7) is 2.15. The van der Waals surface area contributed by atoms with Crippen molar-refractivity contribution in [2.45, 2.75) is 12.3 Å². The van der Waals surface area contributed by atoms with Crippen molar-refractivity contribution in [2.75, 3.05) is 9.80 Å². The quantitative estimate of drug-likeness (QED) is 0.177. The Kier molecular flexibility index (Phi) is 7.15. The molecule has 0 unspecified atom stereocenters. The van der Waals surface area contributed by atoms with Crippen molar-refractivity contribution in [2.24, 2.45) is 0 Å². The van der Waals surface area contributed by atoms with Crippen molar-refractivity contribution in [3.8, 4) is 11.1 Å². The molecule has 1 aliphatic carbocycles. The van der Waals surface area contributed by atoms with Crippen LogP contribution in [-0.2, 0) is 5.41 Å². The van der Waals surface area contributed by atoms with E-state index in [9.17, 15) is 0 Å². The van der Waals surface area contributed by atoms with Crippen molar-refractivity contribution in [3.63, 3.8) is 0 Å². The van der Waals surface area contributed by atoms with Crippen LogP contribution in [0.5, 0.6) is 0 Å². The highest BCUT2D eigenvalue weighted by Crippen LogP contribution is 2.66. The van der Waals surface area contributed by atoms with Crippen LogP contribution in [0.25, 0.3) is 54.6 Å². The highest BCUT2D eigenvalue weighted by Gasteiger charge is 2.53. The Bertz CT molecular complexity index is 3520. The Balaban J connectivity index is 1.21. The average Bonchev–Trinajstić information content (AvgIpc) is 3.85. The van der Waals surface area contributed by atoms with E-state index in [1.165, 1.54) is 71.9 Å². The van der Waals surface area contributed by atoms with Crippen LogP contribution >= 0.6 is 0 Å². The molecule has 0 radical (unpaired) electrons. The second-order valence-corrected chi connectivity index (χ2v) is 16.5. The molecule has 286 valence electrons. The molecule has 3 nitrogen and oxygen atoms in total. The van der Waals surface area contributed by atoms with Crippen LogP contribution in [0.1, 0.15) is 27.8 Å². The zero-order valence-corrected chi connectivity index (χ0v) is 33.5. The number of furan rings is 1. The van der Waals surface area contributed by atoms with Gasteiger partial charge < -0.3 is 14.2 Å². The standard InChI is InChI=1S/C58H38N2O/c1-37-30-33-40(34-31-37)60(52-28-15-23-45-43-21-9-14-29-54(43)61-57(45)52)53-36-49-56(44-22-8-7-20-42(44)53)55-41-19-6-5-16-38(41)32-35-48(55)58(49)46-24-10-12-26-50(46)59(39-17-3-2-4-18-39)51-27-13-11-25-47(51)58/h2-36H,1H3. The summed E-state index contributed by atoms with van der Waals surface area (Å²) in [5.41, 5.74) is 16.6. The third-order valence-corrected chi connectivity index (χ3v) is 13.3. The number of nitrogens with zero attached hydrogens (tertiary/aromatic N) is 2. The zero-order chi connectivity index (χ0) is 40.2. The Morgan fingerprint density at radius 1 is 0.426 bits per heavy atom. The van der Waals surface area contributed by atoms with E-state index < -0.39 is 5.41 Å². The first-order valence-electron chi connectivity index (χ1n) is 21.1. The van der Waals surface area contributed by atoms with Gasteiger partial charge in [-0.3, -0.25) is 0 Å². The summed E-state index contributed by atoms with van der Waals surface area (Å²) in [6, 6.07) is 78.1. The third-order valence-electron chi connectivity index (χ3n) is 13.3. The van der Waals surface area contributed by atoms with Gasteiger partial charge in [-0.25, -0.2) is 0 Å². The molecule has 3 heteroatoms. The van der Waals surface area contributed by atoms with Crippen LogP contribution in [0.2, 0.25) is 0 Å². The monoisotopic (exact) mass is 778 g/mol. The molecule has 2 heterocycles. The molecule has 10 aromatic carbocycles. The van der Waals surface area contributed by atoms with E-state index in [1.54, 1.807) is 0 Å². The molecule has 1 aliphatic heterocycles. The van der Waals surface area contributed by atoms with Crippen LogP contribution in [0, 0.1) is 6.92 Å². The van der Waals surface area contributed by atoms with Crippen molar-refractivity contribution in [3.05, 3.63) is 240 Å². The van der Waals surface area contributed by atoms with Gasteiger partial charge in [0.15, 0.2) is 5.58 Å². The van der Waals surface area contributed by atoms with E-state index in [4.69, 9.17) is 4.42 Å². The molecule has 1 spiro atoms. The number of anilines is 6. The van der Waals surface area contributed by atoms with Crippen LogP contribution in [0.15, 0.2) is 217 Å².